The van der Waals surface area contributed by atoms with Gasteiger partial charge in [0.2, 0.25) is 5.88 Å². The van der Waals surface area contributed by atoms with E-state index in [4.69, 9.17) is 0 Å². The maximum Gasteiger partial charge on any atom is 0.422 e. The van der Waals surface area contributed by atoms with Gasteiger partial charge in [-0.25, -0.2) is 13.4 Å². The Hall–Kier alpha value is -3.60. The first kappa shape index (κ1) is 24.1. The Bertz CT molecular complexity index is 1250. The Labute approximate surface area is 188 Å². The number of hydrogen-bond acceptors (Lipinski definition) is 5. The van der Waals surface area contributed by atoms with E-state index >= 15 is 0 Å². The van der Waals surface area contributed by atoms with Crippen LogP contribution in [0, 0.1) is 6.92 Å². The first-order valence-electron chi connectivity index (χ1n) is 9.64. The number of anilines is 1. The Morgan fingerprint density at radius 1 is 1.06 bits per heavy atom. The molecule has 3 aromatic rings. The summed E-state index contributed by atoms with van der Waals surface area (Å²) in [6.07, 6.45) is -3.23. The van der Waals surface area contributed by atoms with E-state index in [1.165, 1.54) is 42.6 Å². The molecule has 0 bridgehead atoms. The molecule has 0 spiro atoms. The van der Waals surface area contributed by atoms with Gasteiger partial charge in [0.15, 0.2) is 6.61 Å². The molecular formula is C22H20F3N3O4S. The molecule has 0 aliphatic carbocycles. The quantitative estimate of drug-likeness (QED) is 0.508. The highest BCUT2D eigenvalue weighted by atomic mass is 32.2. The summed E-state index contributed by atoms with van der Waals surface area (Å²) in [7, 11) is -3.92. The Morgan fingerprint density at radius 3 is 2.55 bits per heavy atom. The van der Waals surface area contributed by atoms with Crippen LogP contribution >= 0.6 is 0 Å². The summed E-state index contributed by atoms with van der Waals surface area (Å²) in [5, 5.41) is 2.59. The molecule has 2 N–H and O–H groups in total. The zero-order valence-corrected chi connectivity index (χ0v) is 18.2. The minimum Gasteiger partial charge on any atom is -0.468 e. The number of carbonyl (C=O) groups is 1. The molecule has 7 nitrogen and oxygen atoms in total. The highest BCUT2D eigenvalue weighted by Crippen LogP contribution is 2.19. The third-order valence-electron chi connectivity index (χ3n) is 4.31. The van der Waals surface area contributed by atoms with Crippen molar-refractivity contribution in [1.29, 1.82) is 0 Å². The second-order valence-corrected chi connectivity index (χ2v) is 8.77. The summed E-state index contributed by atoms with van der Waals surface area (Å²) in [5.74, 6) is -0.786. The number of nitrogens with zero attached hydrogens (tertiary/aromatic N) is 1. The molecule has 11 heteroatoms. The molecule has 33 heavy (non-hydrogen) atoms. The molecule has 0 aliphatic rings. The van der Waals surface area contributed by atoms with Crippen LogP contribution in [0.2, 0.25) is 0 Å². The van der Waals surface area contributed by atoms with Crippen molar-refractivity contribution in [1.82, 2.24) is 10.3 Å². The lowest BCUT2D eigenvalue weighted by molar-refractivity contribution is -0.154. The van der Waals surface area contributed by atoms with Crippen LogP contribution in [0.25, 0.3) is 0 Å². The predicted octanol–water partition coefficient (Wildman–Crippen LogP) is 4.06. The van der Waals surface area contributed by atoms with E-state index in [1.807, 2.05) is 13.0 Å². The molecule has 0 fully saturated rings. The van der Waals surface area contributed by atoms with Crippen molar-refractivity contribution >= 4 is 21.6 Å². The van der Waals surface area contributed by atoms with Crippen LogP contribution in [0.5, 0.6) is 5.88 Å². The van der Waals surface area contributed by atoms with Crippen LogP contribution in [0.1, 0.15) is 21.5 Å². The lowest BCUT2D eigenvalue weighted by Gasteiger charge is -2.11. The van der Waals surface area contributed by atoms with Gasteiger partial charge >= 0.3 is 6.18 Å². The van der Waals surface area contributed by atoms with Gasteiger partial charge in [-0.15, -0.1) is 0 Å². The van der Waals surface area contributed by atoms with Crippen molar-refractivity contribution in [3.05, 3.63) is 83.6 Å². The zero-order chi connectivity index (χ0) is 24.1. The minimum atomic E-state index is -4.49. The largest absolute Gasteiger partial charge is 0.468 e. The average Bonchev–Trinajstić information content (AvgIpc) is 2.76. The van der Waals surface area contributed by atoms with Gasteiger partial charge in [-0.05, 0) is 54.4 Å². The molecule has 3 rings (SSSR count). The summed E-state index contributed by atoms with van der Waals surface area (Å²) in [5.41, 5.74) is 1.84. The molecule has 0 aliphatic heterocycles. The van der Waals surface area contributed by atoms with Crippen molar-refractivity contribution in [2.45, 2.75) is 24.5 Å². The first-order chi connectivity index (χ1) is 15.5. The fourth-order valence-corrected chi connectivity index (χ4v) is 3.90. The van der Waals surface area contributed by atoms with E-state index in [0.29, 0.717) is 11.3 Å². The molecule has 0 radical (unpaired) electrons. The highest BCUT2D eigenvalue weighted by Gasteiger charge is 2.28. The number of rotatable bonds is 8. The predicted molar refractivity (Wildman–Crippen MR) is 115 cm³/mol. The fourth-order valence-electron chi connectivity index (χ4n) is 2.81. The lowest BCUT2D eigenvalue weighted by atomic mass is 10.2. The third kappa shape index (κ3) is 7.21. The maximum atomic E-state index is 12.7. The van der Waals surface area contributed by atoms with Crippen LogP contribution in [0.15, 0.2) is 71.8 Å². The van der Waals surface area contributed by atoms with E-state index in [9.17, 15) is 26.4 Å². The van der Waals surface area contributed by atoms with E-state index < -0.39 is 28.7 Å². The van der Waals surface area contributed by atoms with Crippen LogP contribution in [-0.2, 0) is 16.6 Å². The van der Waals surface area contributed by atoms with E-state index in [0.717, 1.165) is 5.56 Å². The summed E-state index contributed by atoms with van der Waals surface area (Å²) in [6, 6.07) is 15.1. The number of pyridine rings is 1. The molecule has 0 unspecified atom stereocenters. The van der Waals surface area contributed by atoms with Gasteiger partial charge < -0.3 is 10.1 Å². The molecule has 1 amide bonds. The molecular weight excluding hydrogens is 459 g/mol. The standard InChI is InChI=1S/C22H20F3N3O4S/c1-15-4-2-6-18(10-15)28-33(30,31)19-7-3-5-17(12-19)21(29)27-13-16-8-9-26-20(11-16)32-14-22(23,24)25/h2-12,28H,13-14H2,1H3,(H,27,29). The monoisotopic (exact) mass is 479 g/mol. The van der Waals surface area contributed by atoms with E-state index in [-0.39, 0.29) is 22.9 Å². The number of halogens is 3. The number of sulfonamides is 1. The van der Waals surface area contributed by atoms with Crippen molar-refractivity contribution < 1.29 is 31.1 Å². The number of nitrogens with one attached hydrogen (secondary N) is 2. The summed E-state index contributed by atoms with van der Waals surface area (Å²) < 4.78 is 69.3. The lowest BCUT2D eigenvalue weighted by Crippen LogP contribution is -2.23. The van der Waals surface area contributed by atoms with Crippen LogP contribution in [-0.4, -0.2) is 32.1 Å². The van der Waals surface area contributed by atoms with E-state index in [2.05, 4.69) is 19.8 Å². The van der Waals surface area contributed by atoms with Crippen LogP contribution in [0.3, 0.4) is 0 Å². The number of alkyl halides is 3. The highest BCUT2D eigenvalue weighted by molar-refractivity contribution is 7.92. The average molecular weight is 479 g/mol. The number of benzene rings is 2. The second kappa shape index (κ2) is 9.90. The molecule has 0 saturated heterocycles. The van der Waals surface area contributed by atoms with Crippen molar-refractivity contribution in [2.75, 3.05) is 11.3 Å². The number of amides is 1. The van der Waals surface area contributed by atoms with Gasteiger partial charge in [0.25, 0.3) is 15.9 Å². The SMILES string of the molecule is Cc1cccc(NS(=O)(=O)c2cccc(C(=O)NCc3ccnc(OCC(F)(F)F)c3)c2)c1. The van der Waals surface area contributed by atoms with Gasteiger partial charge in [0.1, 0.15) is 0 Å². The normalized spacial score (nSPS) is 11.6. The fraction of sp³-hybridized carbons (Fsp3) is 0.182. The molecule has 0 atom stereocenters. The van der Waals surface area contributed by atoms with Gasteiger partial charge in [-0.1, -0.05) is 18.2 Å². The molecule has 2 aromatic carbocycles. The van der Waals surface area contributed by atoms with Crippen molar-refractivity contribution in [3.8, 4) is 5.88 Å². The molecule has 174 valence electrons. The summed E-state index contributed by atoms with van der Waals surface area (Å²) in [4.78, 5) is 16.1. The maximum absolute atomic E-state index is 12.7. The van der Waals surface area contributed by atoms with Crippen LogP contribution in [0.4, 0.5) is 18.9 Å². The second-order valence-electron chi connectivity index (χ2n) is 7.09. The number of hydrogen-bond donors (Lipinski definition) is 2. The number of aromatic nitrogens is 1. The molecule has 1 heterocycles. The first-order valence-corrected chi connectivity index (χ1v) is 11.1. The van der Waals surface area contributed by atoms with Crippen molar-refractivity contribution in [2.24, 2.45) is 0 Å². The molecule has 1 aromatic heterocycles. The number of aryl methyl sites for hydroxylation is 1. The third-order valence-corrected chi connectivity index (χ3v) is 5.69. The van der Waals surface area contributed by atoms with Gasteiger partial charge in [0, 0.05) is 30.1 Å². The van der Waals surface area contributed by atoms with Gasteiger partial charge in [0.05, 0.1) is 4.90 Å². The Kier molecular flexibility index (Phi) is 7.22. The Balaban J connectivity index is 1.66. The zero-order valence-electron chi connectivity index (χ0n) is 17.4. The minimum absolute atomic E-state index is 0.0255. The number of ether oxygens (including phenoxy) is 1. The van der Waals surface area contributed by atoms with Crippen LogP contribution < -0.4 is 14.8 Å². The smallest absolute Gasteiger partial charge is 0.422 e. The summed E-state index contributed by atoms with van der Waals surface area (Å²) >= 11 is 0. The van der Waals surface area contributed by atoms with Crippen molar-refractivity contribution in [3.63, 3.8) is 0 Å². The Morgan fingerprint density at radius 2 is 1.82 bits per heavy atom. The number of carbonyl (C=O) groups excluding carboxylic acids is 1. The van der Waals surface area contributed by atoms with E-state index in [1.54, 1.807) is 18.2 Å². The molecule has 0 saturated carbocycles. The summed E-state index contributed by atoms with van der Waals surface area (Å²) in [6.45, 7) is 0.326. The van der Waals surface area contributed by atoms with Gasteiger partial charge in [-0.2, -0.15) is 13.2 Å². The topological polar surface area (TPSA) is 97.4 Å². The van der Waals surface area contributed by atoms with Gasteiger partial charge in [-0.3, -0.25) is 9.52 Å².